The highest BCUT2D eigenvalue weighted by molar-refractivity contribution is 8.15. The monoisotopic (exact) mass is 367 g/mol. The van der Waals surface area contributed by atoms with Crippen LogP contribution in [0.1, 0.15) is 24.8 Å². The molecular weight excluding hydrogens is 349 g/mol. The van der Waals surface area contributed by atoms with Crippen molar-refractivity contribution in [3.05, 3.63) is 29.8 Å². The maximum atomic E-state index is 13.8. The zero-order valence-electron chi connectivity index (χ0n) is 13.6. The van der Waals surface area contributed by atoms with Crippen molar-refractivity contribution >= 4 is 28.8 Å². The smallest absolute Gasteiger partial charge is 0.288 e. The summed E-state index contributed by atoms with van der Waals surface area (Å²) < 4.78 is 13.8. The Bertz CT molecular complexity index is 721. The van der Waals surface area contributed by atoms with Crippen LogP contribution in [-0.2, 0) is 15.2 Å². The molecule has 2 fully saturated rings. The van der Waals surface area contributed by atoms with Crippen molar-refractivity contribution in [1.82, 2.24) is 14.8 Å². The summed E-state index contributed by atoms with van der Waals surface area (Å²) in [6.07, 6.45) is 1.63. The Morgan fingerprint density at radius 1 is 1.44 bits per heavy atom. The summed E-state index contributed by atoms with van der Waals surface area (Å²) in [5.41, 5.74) is -1.22. The Balaban J connectivity index is 1.61. The first-order chi connectivity index (χ1) is 11.8. The van der Waals surface area contributed by atoms with Gasteiger partial charge in [-0.2, -0.15) is 4.39 Å². The molecule has 7 nitrogen and oxygen atoms in total. The number of pyridine rings is 1. The Kier molecular flexibility index (Phi) is 4.79. The van der Waals surface area contributed by atoms with Crippen LogP contribution >= 0.6 is 11.8 Å². The van der Waals surface area contributed by atoms with Crippen LogP contribution in [0.3, 0.4) is 0 Å². The van der Waals surface area contributed by atoms with Crippen molar-refractivity contribution in [2.24, 2.45) is 0 Å². The molecule has 0 spiro atoms. The van der Waals surface area contributed by atoms with Gasteiger partial charge in [0.15, 0.2) is 0 Å². The summed E-state index contributed by atoms with van der Waals surface area (Å²) in [6, 6.07) is 3.06. The van der Waals surface area contributed by atoms with Gasteiger partial charge in [0.05, 0.1) is 5.60 Å². The quantitative estimate of drug-likeness (QED) is 0.805. The van der Waals surface area contributed by atoms with Crippen LogP contribution in [0.4, 0.5) is 9.18 Å². The summed E-state index contributed by atoms with van der Waals surface area (Å²) in [5, 5.41) is 9.64. The molecule has 1 aromatic heterocycles. The summed E-state index contributed by atoms with van der Waals surface area (Å²) in [6.45, 7) is 0.498. The molecule has 1 atom stereocenters. The molecule has 2 aliphatic heterocycles. The largest absolute Gasteiger partial charge is 0.385 e. The number of halogens is 1. The molecule has 0 aromatic carbocycles. The van der Waals surface area contributed by atoms with Crippen LogP contribution in [-0.4, -0.2) is 62.3 Å². The Labute approximate surface area is 148 Å². The van der Waals surface area contributed by atoms with Crippen molar-refractivity contribution in [1.29, 1.82) is 0 Å². The SMILES string of the molecule is CN1C(=O)SC(CC(=O)N2CCC(O)(c3cccnc3F)CC2)C1=O. The van der Waals surface area contributed by atoms with Crippen LogP contribution in [0, 0.1) is 5.95 Å². The van der Waals surface area contributed by atoms with Crippen molar-refractivity contribution in [3.8, 4) is 0 Å². The van der Waals surface area contributed by atoms with E-state index in [0.717, 1.165) is 16.7 Å². The third-order valence-electron chi connectivity index (χ3n) is 4.69. The molecule has 2 aliphatic rings. The van der Waals surface area contributed by atoms with Gasteiger partial charge < -0.3 is 10.0 Å². The fourth-order valence-corrected chi connectivity index (χ4v) is 4.08. The minimum Gasteiger partial charge on any atom is -0.385 e. The minimum atomic E-state index is -1.36. The van der Waals surface area contributed by atoms with E-state index >= 15 is 0 Å². The predicted octanol–water partition coefficient (Wildman–Crippen LogP) is 1.11. The van der Waals surface area contributed by atoms with Gasteiger partial charge in [-0.05, 0) is 18.9 Å². The molecule has 0 saturated carbocycles. The zero-order chi connectivity index (χ0) is 18.2. The third kappa shape index (κ3) is 3.38. The van der Waals surface area contributed by atoms with E-state index in [4.69, 9.17) is 0 Å². The number of aliphatic hydroxyl groups is 1. The number of carbonyl (C=O) groups excluding carboxylic acids is 3. The van der Waals surface area contributed by atoms with E-state index in [1.807, 2.05) is 0 Å². The summed E-state index contributed by atoms with van der Waals surface area (Å²) in [5.74, 6) is -1.32. The minimum absolute atomic E-state index is 0.0563. The van der Waals surface area contributed by atoms with Gasteiger partial charge >= 0.3 is 0 Å². The van der Waals surface area contributed by atoms with Crippen molar-refractivity contribution < 1.29 is 23.9 Å². The molecule has 0 bridgehead atoms. The molecule has 2 saturated heterocycles. The zero-order valence-corrected chi connectivity index (χ0v) is 14.5. The molecule has 1 aromatic rings. The topological polar surface area (TPSA) is 90.8 Å². The maximum Gasteiger partial charge on any atom is 0.288 e. The van der Waals surface area contributed by atoms with E-state index < -0.39 is 16.8 Å². The first kappa shape index (κ1) is 17.8. The van der Waals surface area contributed by atoms with Gasteiger partial charge in [0.25, 0.3) is 5.24 Å². The molecule has 3 heterocycles. The number of aromatic nitrogens is 1. The second kappa shape index (κ2) is 6.72. The lowest BCUT2D eigenvalue weighted by molar-refractivity contribution is -0.138. The lowest BCUT2D eigenvalue weighted by Gasteiger charge is -2.38. The molecular formula is C16H18FN3O4S. The summed E-state index contributed by atoms with van der Waals surface area (Å²) in [7, 11) is 1.39. The normalized spacial score (nSPS) is 23.2. The Morgan fingerprint density at radius 3 is 2.68 bits per heavy atom. The first-order valence-electron chi connectivity index (χ1n) is 7.91. The van der Waals surface area contributed by atoms with Gasteiger partial charge in [0.2, 0.25) is 17.8 Å². The number of rotatable bonds is 3. The van der Waals surface area contributed by atoms with Crippen molar-refractivity contribution in [2.45, 2.75) is 30.1 Å². The highest BCUT2D eigenvalue weighted by Crippen LogP contribution is 2.34. The number of piperidine rings is 1. The Morgan fingerprint density at radius 2 is 2.12 bits per heavy atom. The standard InChI is InChI=1S/C16H18FN3O4S/c1-19-14(22)11(25-15(19)23)9-12(21)20-7-4-16(24,5-8-20)10-3-2-6-18-13(10)17/h2-3,6,11,24H,4-5,7-9H2,1H3. The number of amides is 3. The summed E-state index contributed by atoms with van der Waals surface area (Å²) in [4.78, 5) is 41.9. The molecule has 134 valence electrons. The Hall–Kier alpha value is -2.00. The van der Waals surface area contributed by atoms with Crippen LogP contribution in [0.2, 0.25) is 0 Å². The van der Waals surface area contributed by atoms with Gasteiger partial charge in [-0.1, -0.05) is 17.8 Å². The average Bonchev–Trinajstić information content (AvgIpc) is 2.82. The fourth-order valence-electron chi connectivity index (χ4n) is 3.10. The number of thioether (sulfide) groups is 1. The van der Waals surface area contributed by atoms with Gasteiger partial charge in [-0.25, -0.2) is 4.98 Å². The molecule has 1 N–H and O–H groups in total. The average molecular weight is 367 g/mol. The molecule has 9 heteroatoms. The van der Waals surface area contributed by atoms with E-state index in [9.17, 15) is 23.9 Å². The van der Waals surface area contributed by atoms with Crippen LogP contribution in [0.5, 0.6) is 0 Å². The molecule has 3 amide bonds. The van der Waals surface area contributed by atoms with E-state index in [2.05, 4.69) is 4.98 Å². The molecule has 25 heavy (non-hydrogen) atoms. The summed E-state index contributed by atoms with van der Waals surface area (Å²) >= 11 is 0.855. The molecule has 0 aliphatic carbocycles. The van der Waals surface area contributed by atoms with Crippen molar-refractivity contribution in [3.63, 3.8) is 0 Å². The van der Waals surface area contributed by atoms with Crippen LogP contribution in [0.15, 0.2) is 18.3 Å². The molecule has 3 rings (SSSR count). The van der Waals surface area contributed by atoms with Gasteiger partial charge in [-0.3, -0.25) is 19.3 Å². The van der Waals surface area contributed by atoms with Gasteiger partial charge in [0.1, 0.15) is 5.25 Å². The highest BCUT2D eigenvalue weighted by atomic mass is 32.2. The van der Waals surface area contributed by atoms with Gasteiger partial charge in [-0.15, -0.1) is 0 Å². The number of nitrogens with zero attached hydrogens (tertiary/aromatic N) is 3. The predicted molar refractivity (Wildman–Crippen MR) is 88.1 cm³/mol. The maximum absolute atomic E-state index is 13.8. The number of hydrogen-bond acceptors (Lipinski definition) is 6. The fraction of sp³-hybridized carbons (Fsp3) is 0.500. The number of carbonyl (C=O) groups is 3. The van der Waals surface area contributed by atoms with Crippen LogP contribution in [0.25, 0.3) is 0 Å². The number of imide groups is 1. The second-order valence-electron chi connectivity index (χ2n) is 6.23. The van der Waals surface area contributed by atoms with E-state index in [1.54, 1.807) is 11.0 Å². The molecule has 0 radical (unpaired) electrons. The first-order valence-corrected chi connectivity index (χ1v) is 8.79. The lowest BCUT2D eigenvalue weighted by Crippen LogP contribution is -2.46. The number of hydrogen-bond donors (Lipinski definition) is 1. The van der Waals surface area contributed by atoms with Gasteiger partial charge in [0, 0.05) is 38.3 Å². The van der Waals surface area contributed by atoms with Crippen molar-refractivity contribution in [2.75, 3.05) is 20.1 Å². The lowest BCUT2D eigenvalue weighted by atomic mass is 9.85. The van der Waals surface area contributed by atoms with E-state index in [0.29, 0.717) is 0 Å². The van der Waals surface area contributed by atoms with Crippen LogP contribution < -0.4 is 0 Å². The van der Waals surface area contributed by atoms with E-state index in [1.165, 1.54) is 19.3 Å². The number of likely N-dealkylation sites (tertiary alicyclic amines) is 1. The molecule has 1 unspecified atom stereocenters. The van der Waals surface area contributed by atoms with E-state index in [-0.39, 0.29) is 55.0 Å². The second-order valence-corrected chi connectivity index (χ2v) is 7.38. The third-order valence-corrected chi connectivity index (χ3v) is 5.82. The highest BCUT2D eigenvalue weighted by Gasteiger charge is 2.41.